The van der Waals surface area contributed by atoms with Gasteiger partial charge in [0.05, 0.1) is 0 Å². The van der Waals surface area contributed by atoms with E-state index < -0.39 is 17.7 Å². The minimum absolute atomic E-state index is 0.0138. The number of terminal acetylenes is 1. The number of carbonyl (C=O) groups excluding carboxylic acids is 1. The molecule has 0 radical (unpaired) electrons. The van der Waals surface area contributed by atoms with Crippen molar-refractivity contribution in [2.75, 3.05) is 0 Å². The van der Waals surface area contributed by atoms with Crippen LogP contribution in [0.5, 0.6) is 0 Å². The lowest BCUT2D eigenvalue weighted by Gasteiger charge is -2.25. The zero-order valence-corrected chi connectivity index (χ0v) is 13.4. The van der Waals surface area contributed by atoms with Crippen LogP contribution in [0.15, 0.2) is 10.2 Å². The number of alkyl halides is 3. The summed E-state index contributed by atoms with van der Waals surface area (Å²) in [6.45, 7) is 0.0138. The highest BCUT2D eigenvalue weighted by atomic mass is 19.4. The maximum Gasteiger partial charge on any atom is 0.451 e. The van der Waals surface area contributed by atoms with E-state index in [1.54, 1.807) is 0 Å². The first kappa shape index (κ1) is 17.4. The molecule has 1 atom stereocenters. The molecule has 1 aromatic heterocycles. The van der Waals surface area contributed by atoms with Crippen LogP contribution in [0.3, 0.4) is 0 Å². The predicted molar refractivity (Wildman–Crippen MR) is 80.2 cm³/mol. The van der Waals surface area contributed by atoms with Crippen molar-refractivity contribution >= 4 is 5.91 Å². The van der Waals surface area contributed by atoms with Gasteiger partial charge in [0.2, 0.25) is 11.7 Å². The second-order valence-corrected chi connectivity index (χ2v) is 6.24. The summed E-state index contributed by atoms with van der Waals surface area (Å²) in [4.78, 5) is 12.1. The Morgan fingerprint density at radius 3 is 2.76 bits per heavy atom. The molecule has 134 valence electrons. The van der Waals surface area contributed by atoms with Crippen molar-refractivity contribution in [1.29, 1.82) is 0 Å². The first-order valence-corrected chi connectivity index (χ1v) is 7.99. The van der Waals surface area contributed by atoms with Crippen molar-refractivity contribution in [3.8, 4) is 12.3 Å². The van der Waals surface area contributed by atoms with Gasteiger partial charge in [-0.2, -0.15) is 23.4 Å². The molecule has 0 aromatic carbocycles. The van der Waals surface area contributed by atoms with Crippen LogP contribution in [-0.2, 0) is 23.9 Å². The van der Waals surface area contributed by atoms with Crippen LogP contribution in [-0.4, -0.2) is 32.4 Å². The average Bonchev–Trinajstić information content (AvgIpc) is 3.19. The normalized spacial score (nSPS) is 20.6. The number of amides is 1. The van der Waals surface area contributed by atoms with Crippen molar-refractivity contribution in [1.82, 2.24) is 20.1 Å². The lowest BCUT2D eigenvalue weighted by molar-refractivity contribution is -0.147. The zero-order valence-electron chi connectivity index (χ0n) is 13.4. The first-order valence-electron chi connectivity index (χ1n) is 7.99. The number of aryl methyl sites for hydroxylation is 1. The molecule has 1 unspecified atom stereocenters. The summed E-state index contributed by atoms with van der Waals surface area (Å²) in [7, 11) is 0. The third-order valence-corrected chi connectivity index (χ3v) is 4.37. The molecule has 0 saturated carbocycles. The minimum Gasteiger partial charge on any atom is -0.352 e. The minimum atomic E-state index is -4.56. The van der Waals surface area contributed by atoms with Gasteiger partial charge in [-0.15, -0.1) is 22.5 Å². The third kappa shape index (κ3) is 3.97. The standard InChI is InChI=1S/C15H17F3N6O/c1-2-3-7-14(22-23-14)8-6-12(25)19-10-4-5-11-20-21-13(15(16,17)18)24(11)9-10/h1,10H,3-9H2,(H,19,25). The maximum absolute atomic E-state index is 12.9. The summed E-state index contributed by atoms with van der Waals surface area (Å²) in [5.74, 6) is 1.56. The Balaban J connectivity index is 1.52. The Morgan fingerprint density at radius 2 is 2.12 bits per heavy atom. The highest BCUT2D eigenvalue weighted by Crippen LogP contribution is 2.37. The van der Waals surface area contributed by atoms with Crippen LogP contribution in [0.1, 0.15) is 43.8 Å². The van der Waals surface area contributed by atoms with Crippen LogP contribution in [0.25, 0.3) is 0 Å². The number of nitrogens with one attached hydrogen (secondary N) is 1. The topological polar surface area (TPSA) is 84.5 Å². The lowest BCUT2D eigenvalue weighted by Crippen LogP contribution is -2.42. The van der Waals surface area contributed by atoms with Gasteiger partial charge in [-0.3, -0.25) is 4.79 Å². The summed E-state index contributed by atoms with van der Waals surface area (Å²) in [6.07, 6.45) is 3.32. The summed E-state index contributed by atoms with van der Waals surface area (Å²) in [6, 6.07) is -0.383. The Bertz CT molecular complexity index is 727. The molecule has 0 aliphatic carbocycles. The van der Waals surface area contributed by atoms with Gasteiger partial charge in [0.15, 0.2) is 5.66 Å². The van der Waals surface area contributed by atoms with Gasteiger partial charge >= 0.3 is 6.18 Å². The van der Waals surface area contributed by atoms with Crippen LogP contribution in [0, 0.1) is 12.3 Å². The van der Waals surface area contributed by atoms with Crippen molar-refractivity contribution in [3.63, 3.8) is 0 Å². The van der Waals surface area contributed by atoms with Gasteiger partial charge in [0.1, 0.15) is 5.82 Å². The van der Waals surface area contributed by atoms with Gasteiger partial charge in [0, 0.05) is 44.7 Å². The van der Waals surface area contributed by atoms with E-state index in [-0.39, 0.29) is 24.9 Å². The van der Waals surface area contributed by atoms with E-state index >= 15 is 0 Å². The fraction of sp³-hybridized carbons (Fsp3) is 0.667. The molecule has 1 aromatic rings. The van der Waals surface area contributed by atoms with Gasteiger partial charge in [-0.05, 0) is 6.42 Å². The molecule has 2 aliphatic heterocycles. The number of hydrogen-bond donors (Lipinski definition) is 1. The number of aromatic nitrogens is 3. The molecule has 7 nitrogen and oxygen atoms in total. The molecule has 25 heavy (non-hydrogen) atoms. The van der Waals surface area contributed by atoms with Crippen molar-refractivity contribution < 1.29 is 18.0 Å². The summed E-state index contributed by atoms with van der Waals surface area (Å²) >= 11 is 0. The van der Waals surface area contributed by atoms with Crippen LogP contribution in [0.2, 0.25) is 0 Å². The fourth-order valence-corrected chi connectivity index (χ4v) is 2.94. The Labute approximate surface area is 142 Å². The fourth-order valence-electron chi connectivity index (χ4n) is 2.94. The van der Waals surface area contributed by atoms with E-state index in [1.807, 2.05) is 0 Å². The van der Waals surface area contributed by atoms with Crippen molar-refractivity contribution in [3.05, 3.63) is 11.6 Å². The first-order chi connectivity index (χ1) is 11.8. The Kier molecular flexibility index (Phi) is 4.49. The van der Waals surface area contributed by atoms with Crippen molar-refractivity contribution in [2.45, 2.75) is 63.0 Å². The molecule has 0 spiro atoms. The number of hydrogen-bond acceptors (Lipinski definition) is 5. The second-order valence-electron chi connectivity index (χ2n) is 6.24. The summed E-state index contributed by atoms with van der Waals surface area (Å²) in [5, 5.41) is 17.5. The summed E-state index contributed by atoms with van der Waals surface area (Å²) in [5.41, 5.74) is -0.541. The van der Waals surface area contributed by atoms with Crippen molar-refractivity contribution in [2.24, 2.45) is 10.2 Å². The molecular weight excluding hydrogens is 337 g/mol. The molecule has 3 rings (SSSR count). The summed E-state index contributed by atoms with van der Waals surface area (Å²) < 4.78 is 39.8. The number of halogens is 3. The average molecular weight is 354 g/mol. The highest BCUT2D eigenvalue weighted by molar-refractivity contribution is 5.76. The maximum atomic E-state index is 12.9. The van der Waals surface area contributed by atoms with Gasteiger partial charge in [0.25, 0.3) is 0 Å². The molecule has 2 aliphatic rings. The van der Waals surface area contributed by atoms with Crippen LogP contribution < -0.4 is 5.32 Å². The SMILES string of the molecule is C#CCCC1(CCC(=O)NC2CCc3nnc(C(F)(F)F)n3C2)N=N1. The van der Waals surface area contributed by atoms with E-state index in [2.05, 4.69) is 31.7 Å². The molecular formula is C15H17F3N6O. The van der Waals surface area contributed by atoms with Crippen LogP contribution in [0.4, 0.5) is 13.2 Å². The Morgan fingerprint density at radius 1 is 1.36 bits per heavy atom. The number of rotatable bonds is 6. The van der Waals surface area contributed by atoms with E-state index in [0.717, 1.165) is 4.57 Å². The molecule has 1 N–H and O–H groups in total. The molecule has 0 bridgehead atoms. The molecule has 1 amide bonds. The predicted octanol–water partition coefficient (Wildman–Crippen LogP) is 2.08. The van der Waals surface area contributed by atoms with E-state index in [4.69, 9.17) is 6.42 Å². The Hall–Kier alpha value is -2.44. The largest absolute Gasteiger partial charge is 0.451 e. The monoisotopic (exact) mass is 354 g/mol. The number of fused-ring (bicyclic) bond motifs is 1. The van der Waals surface area contributed by atoms with Crippen LogP contribution >= 0.6 is 0 Å². The quantitative estimate of drug-likeness (QED) is 0.794. The van der Waals surface area contributed by atoms with E-state index in [9.17, 15) is 18.0 Å². The van der Waals surface area contributed by atoms with Gasteiger partial charge in [-0.1, -0.05) is 0 Å². The lowest BCUT2D eigenvalue weighted by atomic mass is 10.0. The smallest absolute Gasteiger partial charge is 0.352 e. The van der Waals surface area contributed by atoms with Gasteiger partial charge in [-0.25, -0.2) is 0 Å². The second kappa shape index (κ2) is 6.46. The van der Waals surface area contributed by atoms with Gasteiger partial charge < -0.3 is 9.88 Å². The number of carbonyl (C=O) groups is 1. The third-order valence-electron chi connectivity index (χ3n) is 4.37. The number of nitrogens with zero attached hydrogens (tertiary/aromatic N) is 5. The molecule has 0 fully saturated rings. The zero-order chi connectivity index (χ0) is 18.1. The van der Waals surface area contributed by atoms with E-state index in [0.29, 0.717) is 37.9 Å². The van der Waals surface area contributed by atoms with E-state index in [1.165, 1.54) is 0 Å². The molecule has 3 heterocycles. The highest BCUT2D eigenvalue weighted by Gasteiger charge is 2.41. The molecule has 0 saturated heterocycles. The molecule has 10 heteroatoms.